The molecule has 0 bridgehead atoms. The summed E-state index contributed by atoms with van der Waals surface area (Å²) in [5, 5.41) is 1.71. The maximum atomic E-state index is 13.8. The maximum Gasteiger partial charge on any atom is 0.165 e. The Morgan fingerprint density at radius 2 is 1.83 bits per heavy atom. The smallest absolute Gasteiger partial charge is 0.165 e. The highest BCUT2D eigenvalue weighted by molar-refractivity contribution is 5.94. The number of nitrogens with two attached hydrogens (primary N) is 1. The standard InChI is InChI=1S/C15H18FNO/c1-15(2,3)11-8-10(17)7-9-5-6-12(16)14(18-4)13(9)11/h5-8H,17H2,1-4H3. The van der Waals surface area contributed by atoms with Gasteiger partial charge in [0, 0.05) is 11.1 Å². The van der Waals surface area contributed by atoms with Crippen LogP contribution < -0.4 is 10.5 Å². The average Bonchev–Trinajstić information content (AvgIpc) is 2.27. The Hall–Kier alpha value is -1.77. The first kappa shape index (κ1) is 12.7. The largest absolute Gasteiger partial charge is 0.493 e. The van der Waals surface area contributed by atoms with Gasteiger partial charge in [-0.25, -0.2) is 4.39 Å². The van der Waals surface area contributed by atoms with Gasteiger partial charge in [-0.2, -0.15) is 0 Å². The molecule has 0 fully saturated rings. The first-order valence-electron chi connectivity index (χ1n) is 5.91. The van der Waals surface area contributed by atoms with Crippen molar-refractivity contribution >= 4 is 16.5 Å². The van der Waals surface area contributed by atoms with Crippen molar-refractivity contribution in [2.45, 2.75) is 26.2 Å². The predicted molar refractivity (Wildman–Crippen MR) is 73.6 cm³/mol. The number of nitrogen functional groups attached to an aromatic ring is 1. The van der Waals surface area contributed by atoms with E-state index in [0.29, 0.717) is 5.69 Å². The minimum absolute atomic E-state index is 0.130. The molecular weight excluding hydrogens is 229 g/mol. The van der Waals surface area contributed by atoms with E-state index in [4.69, 9.17) is 10.5 Å². The lowest BCUT2D eigenvalue weighted by Gasteiger charge is -2.23. The van der Waals surface area contributed by atoms with Crippen LogP contribution in [0.25, 0.3) is 10.8 Å². The van der Waals surface area contributed by atoms with E-state index in [1.165, 1.54) is 13.2 Å². The molecule has 18 heavy (non-hydrogen) atoms. The van der Waals surface area contributed by atoms with Crippen LogP contribution in [0.15, 0.2) is 24.3 Å². The van der Waals surface area contributed by atoms with E-state index in [9.17, 15) is 4.39 Å². The number of hydrogen-bond acceptors (Lipinski definition) is 2. The van der Waals surface area contributed by atoms with Gasteiger partial charge in [0.25, 0.3) is 0 Å². The van der Waals surface area contributed by atoms with E-state index >= 15 is 0 Å². The molecule has 3 heteroatoms. The van der Waals surface area contributed by atoms with Crippen molar-refractivity contribution in [2.24, 2.45) is 0 Å². The fraction of sp³-hybridized carbons (Fsp3) is 0.333. The number of hydrogen-bond donors (Lipinski definition) is 1. The van der Waals surface area contributed by atoms with Crippen molar-refractivity contribution in [3.8, 4) is 5.75 Å². The van der Waals surface area contributed by atoms with Crippen LogP contribution in [-0.4, -0.2) is 7.11 Å². The topological polar surface area (TPSA) is 35.2 Å². The van der Waals surface area contributed by atoms with Crippen molar-refractivity contribution < 1.29 is 9.13 Å². The van der Waals surface area contributed by atoms with E-state index in [-0.39, 0.29) is 17.0 Å². The SMILES string of the molecule is COc1c(F)ccc2cc(N)cc(C(C)(C)C)c12. The van der Waals surface area contributed by atoms with E-state index in [2.05, 4.69) is 20.8 Å². The summed E-state index contributed by atoms with van der Waals surface area (Å²) in [5.41, 5.74) is 7.46. The second-order valence-corrected chi connectivity index (χ2v) is 5.50. The minimum Gasteiger partial charge on any atom is -0.493 e. The van der Waals surface area contributed by atoms with Gasteiger partial charge in [-0.15, -0.1) is 0 Å². The molecule has 0 aliphatic carbocycles. The van der Waals surface area contributed by atoms with Gasteiger partial charge in [-0.3, -0.25) is 0 Å². The van der Waals surface area contributed by atoms with Gasteiger partial charge in [0.05, 0.1) is 7.11 Å². The zero-order valence-electron chi connectivity index (χ0n) is 11.2. The fourth-order valence-corrected chi connectivity index (χ4v) is 2.22. The molecule has 2 N–H and O–H groups in total. The first-order chi connectivity index (χ1) is 8.34. The molecule has 0 aliphatic heterocycles. The molecule has 0 spiro atoms. The highest BCUT2D eigenvalue weighted by Crippen LogP contribution is 2.38. The molecule has 0 saturated carbocycles. The summed E-state index contributed by atoms with van der Waals surface area (Å²) in [4.78, 5) is 0. The second-order valence-electron chi connectivity index (χ2n) is 5.50. The number of fused-ring (bicyclic) bond motifs is 1. The Kier molecular flexibility index (Phi) is 2.93. The fourth-order valence-electron chi connectivity index (χ4n) is 2.22. The Balaban J connectivity index is 2.95. The van der Waals surface area contributed by atoms with E-state index in [1.54, 1.807) is 6.07 Å². The summed E-state index contributed by atoms with van der Waals surface area (Å²) in [7, 11) is 1.49. The lowest BCUT2D eigenvalue weighted by molar-refractivity contribution is 0.391. The van der Waals surface area contributed by atoms with Crippen LogP contribution in [0.4, 0.5) is 10.1 Å². The number of rotatable bonds is 1. The Morgan fingerprint density at radius 3 is 2.39 bits per heavy atom. The molecule has 0 radical (unpaired) electrons. The van der Waals surface area contributed by atoms with Crippen LogP contribution >= 0.6 is 0 Å². The maximum absolute atomic E-state index is 13.8. The van der Waals surface area contributed by atoms with Crippen molar-refractivity contribution in [1.29, 1.82) is 0 Å². The van der Waals surface area contributed by atoms with Crippen molar-refractivity contribution in [3.63, 3.8) is 0 Å². The van der Waals surface area contributed by atoms with Gasteiger partial charge in [-0.1, -0.05) is 26.8 Å². The molecule has 96 valence electrons. The van der Waals surface area contributed by atoms with Gasteiger partial charge in [-0.05, 0) is 34.6 Å². The Bertz CT molecular complexity index is 599. The molecule has 2 nitrogen and oxygen atoms in total. The van der Waals surface area contributed by atoms with Crippen LogP contribution in [0.3, 0.4) is 0 Å². The number of methoxy groups -OCH3 is 1. The average molecular weight is 247 g/mol. The van der Waals surface area contributed by atoms with Crippen LogP contribution in [0.2, 0.25) is 0 Å². The van der Waals surface area contributed by atoms with Crippen LogP contribution in [0.5, 0.6) is 5.75 Å². The van der Waals surface area contributed by atoms with Crippen molar-refractivity contribution in [2.75, 3.05) is 12.8 Å². The zero-order chi connectivity index (χ0) is 13.5. The molecule has 2 rings (SSSR count). The van der Waals surface area contributed by atoms with Crippen LogP contribution in [0, 0.1) is 5.82 Å². The van der Waals surface area contributed by atoms with Gasteiger partial charge >= 0.3 is 0 Å². The number of anilines is 1. The first-order valence-corrected chi connectivity index (χ1v) is 5.91. The molecule has 0 unspecified atom stereocenters. The molecule has 0 aliphatic rings. The van der Waals surface area contributed by atoms with Crippen LogP contribution in [0.1, 0.15) is 26.3 Å². The molecule has 0 amide bonds. The molecular formula is C15H18FNO. The van der Waals surface area contributed by atoms with E-state index in [1.807, 2.05) is 12.1 Å². The Labute approximate surface area is 107 Å². The third-order valence-corrected chi connectivity index (χ3v) is 3.06. The van der Waals surface area contributed by atoms with E-state index in [0.717, 1.165) is 16.3 Å². The van der Waals surface area contributed by atoms with Gasteiger partial charge in [0.2, 0.25) is 0 Å². The molecule has 2 aromatic rings. The van der Waals surface area contributed by atoms with Crippen molar-refractivity contribution in [3.05, 3.63) is 35.6 Å². The summed E-state index contributed by atoms with van der Waals surface area (Å²) in [5.74, 6) is -0.0577. The third-order valence-electron chi connectivity index (χ3n) is 3.06. The van der Waals surface area contributed by atoms with Crippen molar-refractivity contribution in [1.82, 2.24) is 0 Å². The third kappa shape index (κ3) is 2.01. The molecule has 0 saturated heterocycles. The Morgan fingerprint density at radius 1 is 1.17 bits per heavy atom. The predicted octanol–water partition coefficient (Wildman–Crippen LogP) is 3.87. The monoisotopic (exact) mass is 247 g/mol. The molecule has 0 aromatic heterocycles. The van der Waals surface area contributed by atoms with Gasteiger partial charge in [0.1, 0.15) is 0 Å². The van der Waals surface area contributed by atoms with Gasteiger partial charge < -0.3 is 10.5 Å². The quantitative estimate of drug-likeness (QED) is 0.776. The van der Waals surface area contributed by atoms with E-state index < -0.39 is 0 Å². The second kappa shape index (κ2) is 4.16. The molecule has 2 aromatic carbocycles. The highest BCUT2D eigenvalue weighted by atomic mass is 19.1. The normalized spacial score (nSPS) is 11.8. The minimum atomic E-state index is -0.347. The summed E-state index contributed by atoms with van der Waals surface area (Å²) in [6.45, 7) is 6.22. The highest BCUT2D eigenvalue weighted by Gasteiger charge is 2.21. The lowest BCUT2D eigenvalue weighted by Crippen LogP contribution is -2.13. The summed E-state index contributed by atoms with van der Waals surface area (Å²) >= 11 is 0. The van der Waals surface area contributed by atoms with Gasteiger partial charge in [0.15, 0.2) is 11.6 Å². The summed E-state index contributed by atoms with van der Waals surface area (Å²) in [6.07, 6.45) is 0. The van der Waals surface area contributed by atoms with Crippen LogP contribution in [-0.2, 0) is 5.41 Å². The summed E-state index contributed by atoms with van der Waals surface area (Å²) in [6, 6.07) is 6.88. The molecule has 0 atom stereocenters. The lowest BCUT2D eigenvalue weighted by atomic mass is 9.83. The zero-order valence-corrected chi connectivity index (χ0v) is 11.2. The molecule has 0 heterocycles. The number of halogens is 1. The summed E-state index contributed by atoms with van der Waals surface area (Å²) < 4.78 is 19.1. The number of benzene rings is 2. The number of ether oxygens (including phenoxy) is 1.